The lowest BCUT2D eigenvalue weighted by Crippen LogP contribution is -2.34. The largest absolute Gasteiger partial charge is 0.323 e. The van der Waals surface area contributed by atoms with E-state index in [9.17, 15) is 14.9 Å². The monoisotopic (exact) mass is 409 g/mol. The van der Waals surface area contributed by atoms with Crippen molar-refractivity contribution in [3.63, 3.8) is 0 Å². The van der Waals surface area contributed by atoms with Gasteiger partial charge in [0.1, 0.15) is 6.04 Å². The van der Waals surface area contributed by atoms with Gasteiger partial charge in [0.2, 0.25) is 5.91 Å². The smallest absolute Gasteiger partial charge is 0.271 e. The molecule has 0 aliphatic heterocycles. The molecule has 0 heterocycles. The van der Waals surface area contributed by atoms with Crippen LogP contribution in [0.5, 0.6) is 0 Å². The van der Waals surface area contributed by atoms with Gasteiger partial charge in [0.15, 0.2) is 0 Å². The van der Waals surface area contributed by atoms with Crippen molar-refractivity contribution >= 4 is 28.9 Å². The number of hydrogen-bond donors (Lipinski definition) is 2. The van der Waals surface area contributed by atoms with Crippen LogP contribution in [0.25, 0.3) is 0 Å². The molecule has 6 nitrogen and oxygen atoms in total. The van der Waals surface area contributed by atoms with Crippen molar-refractivity contribution in [2.24, 2.45) is 0 Å². The van der Waals surface area contributed by atoms with Crippen LogP contribution in [0.1, 0.15) is 30.1 Å². The number of rotatable bonds is 7. The number of carbonyl (C=O) groups excluding carboxylic acids is 1. The molecule has 3 aromatic rings. The molecule has 0 bridgehead atoms. The Morgan fingerprint density at radius 3 is 2.10 bits per heavy atom. The molecule has 29 heavy (non-hydrogen) atoms. The van der Waals surface area contributed by atoms with Gasteiger partial charge in [-0.25, -0.2) is 0 Å². The zero-order valence-electron chi connectivity index (χ0n) is 15.7. The molecule has 148 valence electrons. The molecule has 1 amide bonds. The maximum atomic E-state index is 13.1. The highest BCUT2D eigenvalue weighted by atomic mass is 35.5. The van der Waals surface area contributed by atoms with Crippen LogP contribution in [0.4, 0.5) is 11.4 Å². The van der Waals surface area contributed by atoms with Crippen molar-refractivity contribution in [1.82, 2.24) is 5.32 Å². The Bertz CT molecular complexity index is 997. The first-order chi connectivity index (χ1) is 14.0. The average Bonchev–Trinajstić information content (AvgIpc) is 2.74. The van der Waals surface area contributed by atoms with Crippen molar-refractivity contribution < 1.29 is 9.72 Å². The van der Waals surface area contributed by atoms with Gasteiger partial charge in [-0.3, -0.25) is 20.2 Å². The summed E-state index contributed by atoms with van der Waals surface area (Å²) in [6, 6.07) is 22.4. The second-order valence-electron chi connectivity index (χ2n) is 6.55. The Balaban J connectivity index is 1.84. The third-order valence-electron chi connectivity index (χ3n) is 4.53. The van der Waals surface area contributed by atoms with Crippen molar-refractivity contribution in [2.75, 3.05) is 5.32 Å². The van der Waals surface area contributed by atoms with Crippen molar-refractivity contribution in [3.8, 4) is 0 Å². The molecule has 3 rings (SSSR count). The van der Waals surface area contributed by atoms with Gasteiger partial charge in [0.25, 0.3) is 5.69 Å². The van der Waals surface area contributed by atoms with E-state index in [1.54, 1.807) is 0 Å². The summed E-state index contributed by atoms with van der Waals surface area (Å²) in [6.45, 7) is 1.98. The van der Waals surface area contributed by atoms with Crippen LogP contribution in [0, 0.1) is 10.1 Å². The number of nitro groups is 1. The van der Waals surface area contributed by atoms with Gasteiger partial charge in [-0.15, -0.1) is 0 Å². The molecule has 0 fully saturated rings. The predicted octanol–water partition coefficient (Wildman–Crippen LogP) is 5.28. The number of halogens is 1. The number of hydrogen-bond acceptors (Lipinski definition) is 4. The average molecular weight is 410 g/mol. The number of nitrogens with zero attached hydrogens (tertiary/aromatic N) is 1. The van der Waals surface area contributed by atoms with E-state index in [2.05, 4.69) is 10.6 Å². The van der Waals surface area contributed by atoms with E-state index >= 15 is 0 Å². The Morgan fingerprint density at radius 1 is 0.966 bits per heavy atom. The zero-order chi connectivity index (χ0) is 20.8. The molecule has 0 saturated carbocycles. The number of carbonyl (C=O) groups is 1. The molecule has 0 aliphatic carbocycles. The van der Waals surface area contributed by atoms with E-state index in [1.165, 1.54) is 18.2 Å². The van der Waals surface area contributed by atoms with Crippen LogP contribution >= 0.6 is 11.6 Å². The summed E-state index contributed by atoms with van der Waals surface area (Å²) in [5.74, 6) is -0.310. The summed E-state index contributed by atoms with van der Waals surface area (Å²) in [6.07, 6.45) is 0. The molecule has 2 atom stereocenters. The van der Waals surface area contributed by atoms with Crippen LogP contribution in [0.2, 0.25) is 5.02 Å². The zero-order valence-corrected chi connectivity index (χ0v) is 16.5. The SMILES string of the molecule is C[C@H](N[C@H](C(=O)Nc1ccc([N+](=O)[O-])cc1Cl)c1ccccc1)c1ccccc1. The van der Waals surface area contributed by atoms with Crippen molar-refractivity contribution in [1.29, 1.82) is 0 Å². The van der Waals surface area contributed by atoms with Crippen LogP contribution in [-0.4, -0.2) is 10.8 Å². The second-order valence-corrected chi connectivity index (χ2v) is 6.96. The Morgan fingerprint density at radius 2 is 1.55 bits per heavy atom. The molecule has 0 aliphatic rings. The van der Waals surface area contributed by atoms with Gasteiger partial charge in [-0.1, -0.05) is 72.3 Å². The molecule has 0 spiro atoms. The van der Waals surface area contributed by atoms with Crippen molar-refractivity contribution in [3.05, 3.63) is 105 Å². The molecule has 0 unspecified atom stereocenters. The summed E-state index contributed by atoms with van der Waals surface area (Å²) in [7, 11) is 0. The molecule has 0 aromatic heterocycles. The molecular weight excluding hydrogens is 390 g/mol. The highest BCUT2D eigenvalue weighted by molar-refractivity contribution is 6.34. The highest BCUT2D eigenvalue weighted by Gasteiger charge is 2.24. The van der Waals surface area contributed by atoms with Gasteiger partial charge < -0.3 is 5.32 Å². The first kappa shape index (κ1) is 20.5. The molecular formula is C22H20ClN3O3. The Labute approximate surface area is 173 Å². The first-order valence-corrected chi connectivity index (χ1v) is 9.44. The van der Waals surface area contributed by atoms with E-state index < -0.39 is 11.0 Å². The minimum Gasteiger partial charge on any atom is -0.323 e. The number of benzene rings is 3. The fraction of sp³-hybridized carbons (Fsp3) is 0.136. The third kappa shape index (κ3) is 5.19. The standard InChI is InChI=1S/C22H20ClN3O3/c1-15(16-8-4-2-5-9-16)24-21(17-10-6-3-7-11-17)22(27)25-20-13-12-18(26(28)29)14-19(20)23/h2-15,21,24H,1H3,(H,25,27)/t15-,21-/m0/s1. The minimum atomic E-state index is -0.641. The summed E-state index contributed by atoms with van der Waals surface area (Å²) in [5.41, 5.74) is 2.03. The molecule has 7 heteroatoms. The van der Waals surface area contributed by atoms with E-state index in [0.29, 0.717) is 5.69 Å². The van der Waals surface area contributed by atoms with Crippen LogP contribution in [-0.2, 0) is 4.79 Å². The number of amides is 1. The third-order valence-corrected chi connectivity index (χ3v) is 4.85. The maximum Gasteiger partial charge on any atom is 0.271 e. The summed E-state index contributed by atoms with van der Waals surface area (Å²) in [5, 5.41) is 17.1. The van der Waals surface area contributed by atoms with E-state index in [0.717, 1.165) is 11.1 Å². The lowest BCUT2D eigenvalue weighted by atomic mass is 10.0. The fourth-order valence-corrected chi connectivity index (χ4v) is 3.20. The predicted molar refractivity (Wildman–Crippen MR) is 114 cm³/mol. The summed E-state index contributed by atoms with van der Waals surface area (Å²) in [4.78, 5) is 23.4. The summed E-state index contributed by atoms with van der Waals surface area (Å²) >= 11 is 6.13. The first-order valence-electron chi connectivity index (χ1n) is 9.06. The lowest BCUT2D eigenvalue weighted by Gasteiger charge is -2.24. The Hall–Kier alpha value is -3.22. The van der Waals surface area contributed by atoms with E-state index in [1.807, 2.05) is 67.6 Å². The lowest BCUT2D eigenvalue weighted by molar-refractivity contribution is -0.384. The van der Waals surface area contributed by atoms with E-state index in [4.69, 9.17) is 11.6 Å². The van der Waals surface area contributed by atoms with Crippen LogP contribution in [0.15, 0.2) is 78.9 Å². The Kier molecular flexibility index (Phi) is 6.59. The van der Waals surface area contributed by atoms with Crippen LogP contribution in [0.3, 0.4) is 0 Å². The topological polar surface area (TPSA) is 84.3 Å². The molecule has 0 radical (unpaired) electrons. The molecule has 3 aromatic carbocycles. The highest BCUT2D eigenvalue weighted by Crippen LogP contribution is 2.28. The molecule has 0 saturated heterocycles. The van der Waals surface area contributed by atoms with Gasteiger partial charge in [0.05, 0.1) is 15.6 Å². The number of anilines is 1. The summed E-state index contributed by atoms with van der Waals surface area (Å²) < 4.78 is 0. The van der Waals surface area contributed by atoms with Gasteiger partial charge in [0, 0.05) is 18.2 Å². The van der Waals surface area contributed by atoms with Gasteiger partial charge >= 0.3 is 0 Å². The number of nitro benzene ring substituents is 1. The quantitative estimate of drug-likeness (QED) is 0.410. The minimum absolute atomic E-state index is 0.0838. The van der Waals surface area contributed by atoms with Crippen molar-refractivity contribution in [2.45, 2.75) is 19.0 Å². The van der Waals surface area contributed by atoms with Gasteiger partial charge in [-0.05, 0) is 24.1 Å². The number of non-ortho nitro benzene ring substituents is 1. The number of nitrogens with one attached hydrogen (secondary N) is 2. The normalized spacial score (nSPS) is 12.8. The van der Waals surface area contributed by atoms with E-state index in [-0.39, 0.29) is 22.7 Å². The van der Waals surface area contributed by atoms with Crippen LogP contribution < -0.4 is 10.6 Å². The maximum absolute atomic E-state index is 13.1. The fourth-order valence-electron chi connectivity index (χ4n) is 2.98. The molecule has 2 N–H and O–H groups in total. The second kappa shape index (κ2) is 9.32. The van der Waals surface area contributed by atoms with Gasteiger partial charge in [-0.2, -0.15) is 0 Å².